The fourth-order valence-electron chi connectivity index (χ4n) is 4.18. The monoisotopic (exact) mass is 559 g/mol. The zero-order chi connectivity index (χ0) is 28.3. The van der Waals surface area contributed by atoms with Gasteiger partial charge in [0.25, 0.3) is 0 Å². The summed E-state index contributed by atoms with van der Waals surface area (Å²) in [7, 11) is 0. The molecule has 11 heteroatoms. The Balaban J connectivity index is 1.84. The molecule has 0 unspecified atom stereocenters. The van der Waals surface area contributed by atoms with Gasteiger partial charge in [-0.05, 0) is 62.9 Å². The lowest BCUT2D eigenvalue weighted by atomic mass is 9.93. The maximum Gasteiger partial charge on any atom is 0.434 e. The van der Waals surface area contributed by atoms with Crippen LogP contribution in [-0.4, -0.2) is 40.3 Å². The fraction of sp³-hybridized carbons (Fsp3) is 0.321. The lowest BCUT2D eigenvalue weighted by Crippen LogP contribution is -2.40. The van der Waals surface area contributed by atoms with Gasteiger partial charge < -0.3 is 19.7 Å². The molecule has 2 aliphatic rings. The number of amidine groups is 1. The highest BCUT2D eigenvalue weighted by atomic mass is 32.2. The van der Waals surface area contributed by atoms with Crippen molar-refractivity contribution in [2.45, 2.75) is 58.5 Å². The SMILES string of the molecule is CC(C)NC(=O)CC1=CSC2=NC(C(F)(F)F)=C(C(=O)OC(C)C)[C@@H](c3cccc(Oc4ccccc4)c3)N12. The van der Waals surface area contributed by atoms with Crippen LogP contribution in [0.1, 0.15) is 45.7 Å². The second-order valence-electron chi connectivity index (χ2n) is 9.49. The molecule has 1 amide bonds. The second-order valence-corrected chi connectivity index (χ2v) is 10.3. The van der Waals surface area contributed by atoms with Crippen molar-refractivity contribution in [1.82, 2.24) is 10.2 Å². The Kier molecular flexibility index (Phi) is 8.39. The summed E-state index contributed by atoms with van der Waals surface area (Å²) in [6.45, 7) is 6.73. The van der Waals surface area contributed by atoms with Crippen molar-refractivity contribution >= 4 is 28.8 Å². The molecule has 2 aliphatic heterocycles. The van der Waals surface area contributed by atoms with Gasteiger partial charge in [0.05, 0.1) is 24.1 Å². The van der Waals surface area contributed by atoms with Crippen LogP contribution in [0.25, 0.3) is 0 Å². The second kappa shape index (κ2) is 11.6. The number of rotatable bonds is 8. The van der Waals surface area contributed by atoms with E-state index in [1.807, 2.05) is 19.9 Å². The number of amides is 1. The molecule has 1 N–H and O–H groups in total. The summed E-state index contributed by atoms with van der Waals surface area (Å²) in [4.78, 5) is 31.3. The first-order valence-electron chi connectivity index (χ1n) is 12.3. The molecule has 0 aliphatic carbocycles. The standard InChI is InChI=1S/C28H28F3N3O4S/c1-16(2)32-22(35)14-19-15-39-27-33-25(28(29,30)31)23(26(36)37-17(3)4)24(34(19)27)18-9-8-12-21(13-18)38-20-10-6-5-7-11-20/h5-13,15-17,24H,14H2,1-4H3,(H,32,35)/t24-/m1/s1. The number of hydrogen-bond acceptors (Lipinski definition) is 7. The summed E-state index contributed by atoms with van der Waals surface area (Å²) in [6, 6.07) is 14.0. The third kappa shape index (κ3) is 6.65. The minimum atomic E-state index is -4.93. The lowest BCUT2D eigenvalue weighted by molar-refractivity contribution is -0.145. The van der Waals surface area contributed by atoms with Crippen molar-refractivity contribution < 1.29 is 32.2 Å². The number of halogens is 3. The molecule has 0 radical (unpaired) electrons. The molecule has 0 bridgehead atoms. The van der Waals surface area contributed by atoms with E-state index in [2.05, 4.69) is 10.3 Å². The van der Waals surface area contributed by atoms with Crippen LogP contribution in [0, 0.1) is 0 Å². The molecule has 0 aromatic heterocycles. The number of ether oxygens (including phenoxy) is 2. The van der Waals surface area contributed by atoms with Crippen molar-refractivity contribution in [2.75, 3.05) is 0 Å². The number of nitrogens with zero attached hydrogens (tertiary/aromatic N) is 2. The number of para-hydroxylation sites is 1. The molecule has 206 valence electrons. The summed E-state index contributed by atoms with van der Waals surface area (Å²) in [6.07, 6.45) is -5.72. The van der Waals surface area contributed by atoms with E-state index >= 15 is 0 Å². The topological polar surface area (TPSA) is 80.2 Å². The van der Waals surface area contributed by atoms with Crippen molar-refractivity contribution in [3.8, 4) is 11.5 Å². The Labute approximate surface area is 228 Å². The predicted molar refractivity (Wildman–Crippen MR) is 143 cm³/mol. The Morgan fingerprint density at radius 2 is 1.74 bits per heavy atom. The normalized spacial score (nSPS) is 17.2. The summed E-state index contributed by atoms with van der Waals surface area (Å²) >= 11 is 0.964. The molecular weight excluding hydrogens is 531 g/mol. The molecule has 39 heavy (non-hydrogen) atoms. The Morgan fingerprint density at radius 1 is 1.05 bits per heavy atom. The lowest BCUT2D eigenvalue weighted by Gasteiger charge is -2.37. The molecule has 0 spiro atoms. The number of esters is 1. The Bertz CT molecular complexity index is 1340. The van der Waals surface area contributed by atoms with E-state index in [-0.39, 0.29) is 23.5 Å². The Hall–Kier alpha value is -3.73. The van der Waals surface area contributed by atoms with E-state index in [1.54, 1.807) is 67.8 Å². The maximum atomic E-state index is 14.3. The third-order valence-electron chi connectivity index (χ3n) is 5.59. The van der Waals surface area contributed by atoms with Crippen LogP contribution in [0.4, 0.5) is 13.2 Å². The zero-order valence-electron chi connectivity index (χ0n) is 21.8. The number of carbonyl (C=O) groups excluding carboxylic acids is 2. The van der Waals surface area contributed by atoms with E-state index < -0.39 is 35.6 Å². The number of carbonyl (C=O) groups is 2. The van der Waals surface area contributed by atoms with Crippen molar-refractivity contribution in [1.29, 1.82) is 0 Å². The average molecular weight is 560 g/mol. The largest absolute Gasteiger partial charge is 0.459 e. The van der Waals surface area contributed by atoms with Crippen LogP contribution in [0.3, 0.4) is 0 Å². The van der Waals surface area contributed by atoms with E-state index in [4.69, 9.17) is 9.47 Å². The number of aliphatic imine (C=N–C) groups is 1. The van der Waals surface area contributed by atoms with Crippen LogP contribution in [0.5, 0.6) is 11.5 Å². The van der Waals surface area contributed by atoms with E-state index in [0.29, 0.717) is 22.8 Å². The molecule has 7 nitrogen and oxygen atoms in total. The predicted octanol–water partition coefficient (Wildman–Crippen LogP) is 6.46. The summed E-state index contributed by atoms with van der Waals surface area (Å²) in [5.74, 6) is -0.547. The number of benzene rings is 2. The van der Waals surface area contributed by atoms with Gasteiger partial charge in [0.15, 0.2) is 10.9 Å². The number of fused-ring (bicyclic) bond motifs is 1. The van der Waals surface area contributed by atoms with Gasteiger partial charge in [-0.1, -0.05) is 42.1 Å². The first-order valence-corrected chi connectivity index (χ1v) is 13.2. The van der Waals surface area contributed by atoms with Crippen molar-refractivity contribution in [2.24, 2.45) is 4.99 Å². The van der Waals surface area contributed by atoms with E-state index in [0.717, 1.165) is 11.8 Å². The first kappa shape index (κ1) is 28.3. The highest BCUT2D eigenvalue weighted by Gasteiger charge is 2.49. The highest BCUT2D eigenvalue weighted by molar-refractivity contribution is 8.16. The summed E-state index contributed by atoms with van der Waals surface area (Å²) in [5.41, 5.74) is -1.24. The van der Waals surface area contributed by atoms with Gasteiger partial charge in [0.2, 0.25) is 5.91 Å². The van der Waals surface area contributed by atoms with Crippen molar-refractivity contribution in [3.63, 3.8) is 0 Å². The summed E-state index contributed by atoms with van der Waals surface area (Å²) < 4.78 is 54.2. The molecule has 4 rings (SSSR count). The van der Waals surface area contributed by atoms with Gasteiger partial charge >= 0.3 is 12.1 Å². The summed E-state index contributed by atoms with van der Waals surface area (Å²) in [5, 5.41) is 4.38. The molecule has 0 saturated carbocycles. The fourth-order valence-corrected chi connectivity index (χ4v) is 5.10. The van der Waals surface area contributed by atoms with Crippen LogP contribution in [0.2, 0.25) is 0 Å². The minimum Gasteiger partial charge on any atom is -0.459 e. The average Bonchev–Trinajstić information content (AvgIpc) is 3.24. The molecule has 2 aromatic carbocycles. The number of alkyl halides is 3. The van der Waals surface area contributed by atoms with Crippen LogP contribution in [-0.2, 0) is 14.3 Å². The van der Waals surface area contributed by atoms with E-state index in [9.17, 15) is 22.8 Å². The molecule has 1 atom stereocenters. The smallest absolute Gasteiger partial charge is 0.434 e. The van der Waals surface area contributed by atoms with Crippen molar-refractivity contribution in [3.05, 3.63) is 82.5 Å². The number of allylic oxidation sites excluding steroid dienone is 1. The van der Waals surface area contributed by atoms with Gasteiger partial charge in [0.1, 0.15) is 11.5 Å². The van der Waals surface area contributed by atoms with Gasteiger partial charge in [-0.2, -0.15) is 13.2 Å². The van der Waals surface area contributed by atoms with Gasteiger partial charge in [-0.3, -0.25) is 4.79 Å². The first-order chi connectivity index (χ1) is 18.4. The Morgan fingerprint density at radius 3 is 2.38 bits per heavy atom. The van der Waals surface area contributed by atoms with Gasteiger partial charge in [-0.25, -0.2) is 9.79 Å². The number of nitrogens with one attached hydrogen (secondary N) is 1. The quantitative estimate of drug-likeness (QED) is 0.374. The van der Waals surface area contributed by atoms with Crippen LogP contribution < -0.4 is 10.1 Å². The molecule has 0 fully saturated rings. The van der Waals surface area contributed by atoms with Gasteiger partial charge in [0, 0.05) is 11.7 Å². The number of thioether (sulfide) groups is 1. The van der Waals surface area contributed by atoms with Gasteiger partial charge in [-0.15, -0.1) is 0 Å². The zero-order valence-corrected chi connectivity index (χ0v) is 22.6. The molecule has 0 saturated heterocycles. The minimum absolute atomic E-state index is 0.00940. The van der Waals surface area contributed by atoms with Crippen LogP contribution in [0.15, 0.2) is 82.0 Å². The molecule has 2 heterocycles. The third-order valence-corrected chi connectivity index (χ3v) is 6.47. The van der Waals surface area contributed by atoms with E-state index in [1.165, 1.54) is 4.90 Å². The highest BCUT2D eigenvalue weighted by Crippen LogP contribution is 2.48. The number of hydrogen-bond donors (Lipinski definition) is 1. The maximum absolute atomic E-state index is 14.3. The van der Waals surface area contributed by atoms with Crippen LogP contribution >= 0.6 is 11.8 Å². The molecular formula is C28H28F3N3O4S. The molecule has 2 aromatic rings.